The monoisotopic (exact) mass is 247 g/mol. The summed E-state index contributed by atoms with van der Waals surface area (Å²) in [7, 11) is 0. The quantitative estimate of drug-likeness (QED) is 0.843. The van der Waals surface area contributed by atoms with Gasteiger partial charge >= 0.3 is 12.2 Å². The first kappa shape index (κ1) is 13.3. The van der Waals surface area contributed by atoms with Gasteiger partial charge in [-0.2, -0.15) is 13.2 Å². The minimum atomic E-state index is -4.42. The first-order valence-electron chi connectivity index (χ1n) is 4.84. The van der Waals surface area contributed by atoms with E-state index in [0.29, 0.717) is 11.4 Å². The van der Waals surface area contributed by atoms with Gasteiger partial charge < -0.3 is 10.6 Å². The van der Waals surface area contributed by atoms with Crippen LogP contribution in [0.5, 0.6) is 0 Å². The van der Waals surface area contributed by atoms with Gasteiger partial charge in [-0.15, -0.1) is 0 Å². The van der Waals surface area contributed by atoms with Gasteiger partial charge in [0, 0.05) is 5.69 Å². The zero-order chi connectivity index (χ0) is 13.1. The summed E-state index contributed by atoms with van der Waals surface area (Å²) < 4.78 is 35.5. The Kier molecular flexibility index (Phi) is 3.93. The smallest absolute Gasteiger partial charge is 0.329 e. The molecule has 0 aliphatic rings. The summed E-state index contributed by atoms with van der Waals surface area (Å²) >= 11 is 0. The predicted octanol–water partition coefficient (Wildman–Crippen LogP) is 2.38. The average molecular weight is 247 g/mol. The van der Waals surface area contributed by atoms with Gasteiger partial charge in [0.2, 0.25) is 0 Å². The molecule has 0 aliphatic carbocycles. The lowest BCUT2D eigenvalue weighted by Gasteiger charge is -2.11. The van der Waals surface area contributed by atoms with Crippen molar-refractivity contribution in [2.45, 2.75) is 20.0 Å². The van der Waals surface area contributed by atoms with E-state index in [2.05, 4.69) is 10.3 Å². The van der Waals surface area contributed by atoms with Gasteiger partial charge in [-0.1, -0.05) is 0 Å². The maximum Gasteiger partial charge on any atom is 0.405 e. The van der Waals surface area contributed by atoms with Crippen LogP contribution in [0.2, 0.25) is 0 Å². The Morgan fingerprint density at radius 1 is 1.35 bits per heavy atom. The number of rotatable bonds is 2. The van der Waals surface area contributed by atoms with Crippen molar-refractivity contribution in [3.8, 4) is 0 Å². The van der Waals surface area contributed by atoms with E-state index in [4.69, 9.17) is 0 Å². The number of hydrogen-bond donors (Lipinski definition) is 2. The van der Waals surface area contributed by atoms with Crippen molar-refractivity contribution in [2.75, 3.05) is 11.9 Å². The van der Waals surface area contributed by atoms with Crippen LogP contribution in [0.1, 0.15) is 11.4 Å². The van der Waals surface area contributed by atoms with Crippen molar-refractivity contribution >= 4 is 11.7 Å². The lowest BCUT2D eigenvalue weighted by Crippen LogP contribution is -2.36. The Hall–Kier alpha value is -1.79. The summed E-state index contributed by atoms with van der Waals surface area (Å²) in [6.07, 6.45) is -4.42. The first-order chi connectivity index (χ1) is 7.78. The fourth-order valence-corrected chi connectivity index (χ4v) is 1.17. The van der Waals surface area contributed by atoms with Crippen LogP contribution in [-0.4, -0.2) is 23.7 Å². The van der Waals surface area contributed by atoms with Crippen LogP contribution in [0.15, 0.2) is 12.1 Å². The molecule has 1 heterocycles. The highest BCUT2D eigenvalue weighted by molar-refractivity contribution is 5.89. The van der Waals surface area contributed by atoms with E-state index in [1.165, 1.54) is 0 Å². The number of nitrogens with one attached hydrogen (secondary N) is 2. The number of nitrogens with zero attached hydrogens (tertiary/aromatic N) is 1. The first-order valence-corrected chi connectivity index (χ1v) is 4.84. The Balaban J connectivity index is 2.57. The summed E-state index contributed by atoms with van der Waals surface area (Å²) in [4.78, 5) is 15.2. The molecule has 1 rings (SSSR count). The molecule has 0 spiro atoms. The second-order valence-electron chi connectivity index (χ2n) is 3.51. The highest BCUT2D eigenvalue weighted by atomic mass is 19.4. The summed E-state index contributed by atoms with van der Waals surface area (Å²) in [6, 6.07) is 2.34. The zero-order valence-corrected chi connectivity index (χ0v) is 9.35. The third-order valence-corrected chi connectivity index (χ3v) is 1.92. The minimum Gasteiger partial charge on any atom is -0.329 e. The molecule has 0 aromatic carbocycles. The van der Waals surface area contributed by atoms with Gasteiger partial charge in [-0.25, -0.2) is 4.79 Å². The number of carbonyl (C=O) groups is 1. The number of aryl methyl sites for hydroxylation is 2. The summed E-state index contributed by atoms with van der Waals surface area (Å²) in [6.45, 7) is 2.07. The van der Waals surface area contributed by atoms with E-state index in [0.717, 1.165) is 5.69 Å². The molecule has 0 saturated carbocycles. The average Bonchev–Trinajstić information content (AvgIpc) is 2.18. The lowest BCUT2D eigenvalue weighted by atomic mass is 10.3. The van der Waals surface area contributed by atoms with Crippen molar-refractivity contribution in [1.29, 1.82) is 0 Å². The minimum absolute atomic E-state index is 0.385. The van der Waals surface area contributed by atoms with E-state index >= 15 is 0 Å². The normalized spacial score (nSPS) is 11.1. The molecular weight excluding hydrogens is 235 g/mol. The van der Waals surface area contributed by atoms with Gasteiger partial charge in [0.25, 0.3) is 0 Å². The maximum absolute atomic E-state index is 11.8. The molecule has 0 atom stereocenters. The van der Waals surface area contributed by atoms with Crippen LogP contribution < -0.4 is 10.6 Å². The number of halogens is 3. The van der Waals surface area contributed by atoms with Crippen molar-refractivity contribution in [3.63, 3.8) is 0 Å². The van der Waals surface area contributed by atoms with Crippen molar-refractivity contribution < 1.29 is 18.0 Å². The lowest BCUT2D eigenvalue weighted by molar-refractivity contribution is -0.122. The van der Waals surface area contributed by atoms with Crippen molar-refractivity contribution in [2.24, 2.45) is 0 Å². The molecule has 2 N–H and O–H groups in total. The van der Waals surface area contributed by atoms with E-state index in [-0.39, 0.29) is 0 Å². The van der Waals surface area contributed by atoms with Crippen molar-refractivity contribution in [3.05, 3.63) is 23.5 Å². The number of amides is 2. The van der Waals surface area contributed by atoms with Gasteiger partial charge in [0.15, 0.2) is 0 Å². The molecule has 17 heavy (non-hydrogen) atoms. The van der Waals surface area contributed by atoms with E-state index in [9.17, 15) is 18.0 Å². The van der Waals surface area contributed by atoms with Crippen molar-refractivity contribution in [1.82, 2.24) is 10.3 Å². The fraction of sp³-hybridized carbons (Fsp3) is 0.400. The van der Waals surface area contributed by atoms with Gasteiger partial charge in [-0.3, -0.25) is 4.98 Å². The fourth-order valence-electron chi connectivity index (χ4n) is 1.17. The molecule has 0 fully saturated rings. The number of alkyl halides is 3. The van der Waals surface area contributed by atoms with E-state index < -0.39 is 18.8 Å². The maximum atomic E-state index is 11.8. The number of hydrogen-bond acceptors (Lipinski definition) is 2. The number of pyridine rings is 1. The molecule has 4 nitrogen and oxygen atoms in total. The largest absolute Gasteiger partial charge is 0.405 e. The zero-order valence-electron chi connectivity index (χ0n) is 9.35. The molecule has 7 heteroatoms. The summed E-state index contributed by atoms with van der Waals surface area (Å²) in [5.41, 5.74) is 1.70. The Morgan fingerprint density at radius 2 is 2.00 bits per heavy atom. The van der Waals surface area contributed by atoms with Crippen LogP contribution in [0, 0.1) is 13.8 Å². The predicted molar refractivity (Wildman–Crippen MR) is 56.8 cm³/mol. The second-order valence-corrected chi connectivity index (χ2v) is 3.51. The second kappa shape index (κ2) is 5.03. The summed E-state index contributed by atoms with van der Waals surface area (Å²) in [5.74, 6) is 0. The van der Waals surface area contributed by atoms with Crippen LogP contribution in [0.4, 0.5) is 23.7 Å². The molecule has 0 radical (unpaired) electrons. The molecule has 2 amide bonds. The Bertz CT molecular complexity index is 418. The van der Waals surface area contributed by atoms with Crippen LogP contribution in [0.25, 0.3) is 0 Å². The van der Waals surface area contributed by atoms with Gasteiger partial charge in [-0.05, 0) is 26.0 Å². The van der Waals surface area contributed by atoms with Gasteiger partial charge in [0.1, 0.15) is 6.54 Å². The Labute approximate surface area is 96.2 Å². The van der Waals surface area contributed by atoms with E-state index in [1.807, 2.05) is 0 Å². The molecule has 0 bridgehead atoms. The molecule has 1 aromatic rings. The third-order valence-electron chi connectivity index (χ3n) is 1.92. The highest BCUT2D eigenvalue weighted by Crippen LogP contribution is 2.14. The Morgan fingerprint density at radius 3 is 2.53 bits per heavy atom. The summed E-state index contributed by atoms with van der Waals surface area (Å²) in [5, 5.41) is 4.01. The SMILES string of the molecule is Cc1ccc(NC(=O)NCC(F)(F)F)c(C)n1. The number of carbonyl (C=O) groups excluding carboxylic acids is 1. The number of urea groups is 1. The van der Waals surface area contributed by atoms with Crippen LogP contribution >= 0.6 is 0 Å². The number of aromatic nitrogens is 1. The third kappa shape index (κ3) is 4.71. The molecular formula is C10H12F3N3O. The van der Waals surface area contributed by atoms with Gasteiger partial charge in [0.05, 0.1) is 11.4 Å². The molecule has 0 aliphatic heterocycles. The topological polar surface area (TPSA) is 54.0 Å². The molecule has 94 valence electrons. The highest BCUT2D eigenvalue weighted by Gasteiger charge is 2.27. The molecule has 0 unspecified atom stereocenters. The molecule has 1 aromatic heterocycles. The standard InChI is InChI=1S/C10H12F3N3O/c1-6-3-4-8(7(2)15-6)16-9(17)14-5-10(11,12)13/h3-4H,5H2,1-2H3,(H2,14,16,17). The van der Waals surface area contributed by atoms with Crippen LogP contribution in [-0.2, 0) is 0 Å². The van der Waals surface area contributed by atoms with E-state index in [1.54, 1.807) is 31.3 Å². The molecule has 0 saturated heterocycles. The van der Waals surface area contributed by atoms with Crippen LogP contribution in [0.3, 0.4) is 0 Å². The number of anilines is 1.